The standard InChI is InChI=1S/C23H29N5O4/c1-13(2)12-26-21-14(3-10-18(29)27(16-6-7-16)17-8-9-17)11-24-28(21)23(32)19(22(26)31)20(30)25-15-4-5-15/h3,10-11,13,15-17H,4-9,12H2,1-2H3,(H2,25,30,31,32)/p+1/b10-3+. The van der Waals surface area contributed by atoms with Gasteiger partial charge in [0.25, 0.3) is 5.91 Å². The molecule has 3 aliphatic rings. The van der Waals surface area contributed by atoms with E-state index in [9.17, 15) is 19.5 Å². The van der Waals surface area contributed by atoms with Crippen molar-refractivity contribution in [1.82, 2.24) is 19.8 Å². The molecule has 32 heavy (non-hydrogen) atoms. The van der Waals surface area contributed by atoms with Crippen molar-refractivity contribution in [1.29, 1.82) is 0 Å². The van der Waals surface area contributed by atoms with Crippen molar-refractivity contribution in [3.63, 3.8) is 0 Å². The molecular weight excluding hydrogens is 410 g/mol. The topological polar surface area (TPSA) is 111 Å². The van der Waals surface area contributed by atoms with E-state index in [1.165, 1.54) is 4.52 Å². The van der Waals surface area contributed by atoms with Crippen LogP contribution < -0.4 is 15.4 Å². The van der Waals surface area contributed by atoms with Crippen molar-refractivity contribution >= 4 is 23.5 Å². The van der Waals surface area contributed by atoms with Crippen LogP contribution >= 0.6 is 0 Å². The first-order valence-electron chi connectivity index (χ1n) is 11.5. The molecule has 2 aromatic rings. The molecule has 0 radical (unpaired) electrons. The summed E-state index contributed by atoms with van der Waals surface area (Å²) < 4.78 is 2.85. The number of amides is 2. The van der Waals surface area contributed by atoms with Crippen molar-refractivity contribution in [3.05, 3.63) is 33.8 Å². The average Bonchev–Trinajstić information content (AvgIpc) is 3.57. The third kappa shape index (κ3) is 3.91. The number of fused-ring (bicyclic) bond motifs is 1. The fourth-order valence-electron chi connectivity index (χ4n) is 4.22. The van der Waals surface area contributed by atoms with Crippen molar-refractivity contribution in [3.8, 4) is 5.88 Å². The monoisotopic (exact) mass is 440 g/mol. The lowest BCUT2D eigenvalue weighted by molar-refractivity contribution is -0.686. The zero-order valence-corrected chi connectivity index (χ0v) is 18.5. The van der Waals surface area contributed by atoms with Crippen molar-refractivity contribution in [2.24, 2.45) is 5.92 Å². The molecule has 2 heterocycles. The Bertz CT molecular complexity index is 1150. The number of aromatic amines is 1. The predicted octanol–water partition coefficient (Wildman–Crippen LogP) is 1.34. The first kappa shape index (κ1) is 20.8. The number of nitrogens with zero attached hydrogens (tertiary/aromatic N) is 3. The van der Waals surface area contributed by atoms with Crippen LogP contribution in [0.5, 0.6) is 5.88 Å². The second-order valence-electron chi connectivity index (χ2n) is 9.68. The number of hydrogen-bond acceptors (Lipinski definition) is 4. The van der Waals surface area contributed by atoms with E-state index in [4.69, 9.17) is 0 Å². The predicted molar refractivity (Wildman–Crippen MR) is 117 cm³/mol. The summed E-state index contributed by atoms with van der Waals surface area (Å²) in [4.78, 5) is 40.6. The number of carbonyl (C=O) groups excluding carboxylic acids is 2. The normalized spacial score (nSPS) is 18.6. The zero-order chi connectivity index (χ0) is 22.6. The van der Waals surface area contributed by atoms with Crippen molar-refractivity contribution < 1.29 is 19.3 Å². The highest BCUT2D eigenvalue weighted by molar-refractivity contribution is 5.96. The van der Waals surface area contributed by atoms with Crippen molar-refractivity contribution in [2.45, 2.75) is 77.0 Å². The van der Waals surface area contributed by atoms with Crippen LogP contribution in [-0.2, 0) is 11.3 Å². The number of H-pyrrole nitrogens is 1. The van der Waals surface area contributed by atoms with Crippen LogP contribution in [0.1, 0.15) is 68.3 Å². The minimum absolute atomic E-state index is 0.0169. The van der Waals surface area contributed by atoms with E-state index in [-0.39, 0.29) is 29.3 Å². The van der Waals surface area contributed by atoms with Gasteiger partial charge in [-0.15, -0.1) is 0 Å². The lowest BCUT2D eigenvalue weighted by atomic mass is 10.2. The van der Waals surface area contributed by atoms with Gasteiger partial charge >= 0.3 is 17.1 Å². The third-order valence-electron chi connectivity index (χ3n) is 6.20. The first-order chi connectivity index (χ1) is 15.3. The van der Waals surface area contributed by atoms with E-state index >= 15 is 0 Å². The summed E-state index contributed by atoms with van der Waals surface area (Å²) in [5.41, 5.74) is 0.154. The number of aromatic hydroxyl groups is 1. The molecule has 3 fully saturated rings. The minimum Gasteiger partial charge on any atom is -0.477 e. The Balaban J connectivity index is 1.54. The minimum atomic E-state index is -0.612. The van der Waals surface area contributed by atoms with Crippen LogP contribution in [0.3, 0.4) is 0 Å². The molecule has 0 aromatic carbocycles. The molecular formula is C23H30N5O4+. The maximum absolute atomic E-state index is 13.1. The zero-order valence-electron chi connectivity index (χ0n) is 18.5. The molecule has 0 saturated heterocycles. The van der Waals surface area contributed by atoms with Gasteiger partial charge in [-0.25, -0.2) is 9.89 Å². The molecule has 0 spiro atoms. The van der Waals surface area contributed by atoms with Crippen LogP contribution in [-0.4, -0.2) is 49.6 Å². The summed E-state index contributed by atoms with van der Waals surface area (Å²) in [5.74, 6) is -0.773. The Labute approximate surface area is 185 Å². The molecule has 170 valence electrons. The number of aromatic nitrogens is 3. The summed E-state index contributed by atoms with van der Waals surface area (Å²) >= 11 is 0. The van der Waals surface area contributed by atoms with Gasteiger partial charge in [-0.2, -0.15) is 4.57 Å². The Kier molecular flexibility index (Phi) is 5.06. The molecule has 2 amide bonds. The highest BCUT2D eigenvalue weighted by Crippen LogP contribution is 2.37. The van der Waals surface area contributed by atoms with E-state index in [2.05, 4.69) is 10.4 Å². The number of rotatable bonds is 8. The lowest BCUT2D eigenvalue weighted by Crippen LogP contribution is -2.46. The van der Waals surface area contributed by atoms with Crippen molar-refractivity contribution in [2.75, 3.05) is 0 Å². The van der Waals surface area contributed by atoms with Gasteiger partial charge < -0.3 is 15.3 Å². The molecule has 3 aliphatic carbocycles. The summed E-state index contributed by atoms with van der Waals surface area (Å²) in [6.45, 7) is 4.39. The van der Waals surface area contributed by atoms with Gasteiger partial charge in [0.2, 0.25) is 11.5 Å². The summed E-state index contributed by atoms with van der Waals surface area (Å²) in [5, 5.41) is 16.7. The molecule has 0 atom stereocenters. The second-order valence-corrected chi connectivity index (χ2v) is 9.68. The van der Waals surface area contributed by atoms with Crippen LogP contribution in [0.15, 0.2) is 17.1 Å². The van der Waals surface area contributed by atoms with Gasteiger partial charge in [-0.1, -0.05) is 18.4 Å². The van der Waals surface area contributed by atoms with Gasteiger partial charge in [0.05, 0.1) is 18.3 Å². The summed E-state index contributed by atoms with van der Waals surface area (Å²) in [6.07, 6.45) is 10.9. The van der Waals surface area contributed by atoms with Gasteiger partial charge in [-0.3, -0.25) is 9.59 Å². The highest BCUT2D eigenvalue weighted by atomic mass is 16.3. The van der Waals surface area contributed by atoms with Gasteiger partial charge in [0.15, 0.2) is 0 Å². The fraction of sp³-hybridized carbons (Fsp3) is 0.565. The van der Waals surface area contributed by atoms with E-state index in [0.717, 1.165) is 38.5 Å². The lowest BCUT2D eigenvalue weighted by Gasteiger charge is -2.19. The largest absolute Gasteiger partial charge is 0.477 e. The smallest absolute Gasteiger partial charge is 0.378 e. The quantitative estimate of drug-likeness (QED) is 0.425. The summed E-state index contributed by atoms with van der Waals surface area (Å²) in [6, 6.07) is 0.773. The number of nitrogens with one attached hydrogen (secondary N) is 2. The van der Waals surface area contributed by atoms with E-state index in [1.54, 1.807) is 22.9 Å². The first-order valence-corrected chi connectivity index (χ1v) is 11.5. The van der Waals surface area contributed by atoms with E-state index < -0.39 is 11.5 Å². The van der Waals surface area contributed by atoms with Crippen LogP contribution in [0.4, 0.5) is 0 Å². The van der Waals surface area contributed by atoms with Crippen LogP contribution in [0.25, 0.3) is 11.7 Å². The Morgan fingerprint density at radius 1 is 1.25 bits per heavy atom. The second kappa shape index (κ2) is 7.79. The maximum Gasteiger partial charge on any atom is 0.378 e. The van der Waals surface area contributed by atoms with Gasteiger partial charge in [-0.05, 0) is 50.5 Å². The molecule has 3 saturated carbocycles. The molecule has 2 aromatic heterocycles. The molecule has 9 nitrogen and oxygen atoms in total. The molecule has 0 unspecified atom stereocenters. The Morgan fingerprint density at radius 2 is 1.91 bits per heavy atom. The molecule has 0 bridgehead atoms. The van der Waals surface area contributed by atoms with E-state index in [0.29, 0.717) is 29.8 Å². The van der Waals surface area contributed by atoms with Crippen LogP contribution in [0, 0.1) is 5.92 Å². The third-order valence-corrected chi connectivity index (χ3v) is 6.20. The Hall–Kier alpha value is -3.10. The maximum atomic E-state index is 13.1. The highest BCUT2D eigenvalue weighted by Gasteiger charge is 2.41. The number of hydrogen-bond donors (Lipinski definition) is 3. The van der Waals surface area contributed by atoms with E-state index in [1.807, 2.05) is 18.7 Å². The molecule has 9 heteroatoms. The number of carbonyl (C=O) groups is 2. The fourth-order valence-corrected chi connectivity index (χ4v) is 4.22. The summed E-state index contributed by atoms with van der Waals surface area (Å²) in [7, 11) is 0. The average molecular weight is 441 g/mol. The SMILES string of the molecule is CC(C)C[n+]1c(O)c(C(=O)NC2CC2)c(=O)n2[nH]cc(/C=C/C(=O)N(C3CC3)C3CC3)c21. The molecule has 3 N–H and O–H groups in total. The molecule has 5 rings (SSSR count). The van der Waals surface area contributed by atoms with Gasteiger partial charge in [0.1, 0.15) is 0 Å². The van der Waals surface area contributed by atoms with Crippen LogP contribution in [0.2, 0.25) is 0 Å². The molecule has 0 aliphatic heterocycles. The van der Waals surface area contributed by atoms with Gasteiger partial charge in [0, 0.05) is 24.2 Å². The Morgan fingerprint density at radius 3 is 2.47 bits per heavy atom.